The minimum atomic E-state index is -3.57. The Hall–Kier alpha value is -0.440. The molecule has 0 aromatic carbocycles. The van der Waals surface area contributed by atoms with Crippen LogP contribution < -0.4 is 0 Å². The number of hydrogen-bond donors (Lipinski definition) is 0. The van der Waals surface area contributed by atoms with Gasteiger partial charge in [0.1, 0.15) is 48.8 Å². The second-order valence-corrected chi connectivity index (χ2v) is 6.34. The van der Waals surface area contributed by atoms with Gasteiger partial charge in [0.25, 0.3) is 0 Å². The summed E-state index contributed by atoms with van der Waals surface area (Å²) in [6.07, 6.45) is -23.7. The summed E-state index contributed by atoms with van der Waals surface area (Å²) in [5.74, 6) is 0. The van der Waals surface area contributed by atoms with Crippen molar-refractivity contribution in [3.05, 3.63) is 0 Å². The Morgan fingerprint density at radius 2 is 0.903 bits per heavy atom. The van der Waals surface area contributed by atoms with Crippen molar-refractivity contribution < 1.29 is 85.0 Å². The van der Waals surface area contributed by atoms with Crippen LogP contribution in [-0.4, -0.2) is 131 Å². The standard InChI is InChI=1S/C20H38O11/c1-21-9-11-13(23-3)15(25-5)17(27-7)19(29-11)31-20-18(28-8)16(26-6)14(24-4)12(30-20)10-22-2/h11-20H,9-10H2,1-8H3/i1D3,2D3,3D3,4D3,5D3,6D3,7D3,8D3. The first-order valence-corrected chi connectivity index (χ1v) is 8.52. The Morgan fingerprint density at radius 3 is 1.29 bits per heavy atom. The topological polar surface area (TPSA) is 102 Å². The molecule has 0 aliphatic carbocycles. The van der Waals surface area contributed by atoms with Crippen molar-refractivity contribution in [2.75, 3.05) is 69.5 Å². The molecular weight excluding hydrogens is 416 g/mol. The summed E-state index contributed by atoms with van der Waals surface area (Å²) in [6.45, 7) is -2.40. The minimum absolute atomic E-state index is 1.20. The van der Waals surface area contributed by atoms with Crippen LogP contribution in [0.4, 0.5) is 0 Å². The van der Waals surface area contributed by atoms with E-state index in [1.807, 2.05) is 0 Å². The van der Waals surface area contributed by atoms with Crippen LogP contribution in [-0.2, 0) is 52.1 Å². The van der Waals surface area contributed by atoms with Gasteiger partial charge in [-0.05, 0) is 0 Å². The second kappa shape index (κ2) is 13.3. The summed E-state index contributed by atoms with van der Waals surface area (Å²) in [5, 5.41) is 0. The van der Waals surface area contributed by atoms with Gasteiger partial charge in [0.15, 0.2) is 12.6 Å². The molecule has 2 aliphatic rings. The molecule has 0 amide bonds. The van der Waals surface area contributed by atoms with Crippen LogP contribution in [0.2, 0.25) is 0 Å². The number of ether oxygens (including phenoxy) is 11. The lowest BCUT2D eigenvalue weighted by molar-refractivity contribution is -0.384. The van der Waals surface area contributed by atoms with Gasteiger partial charge >= 0.3 is 0 Å². The van der Waals surface area contributed by atoms with E-state index in [0.717, 1.165) is 0 Å². The fraction of sp³-hybridized carbons (Fsp3) is 1.00. The Balaban J connectivity index is 2.88. The van der Waals surface area contributed by atoms with E-state index in [9.17, 15) is 0 Å². The fourth-order valence-electron chi connectivity index (χ4n) is 3.34. The molecule has 31 heavy (non-hydrogen) atoms. The molecule has 11 nitrogen and oxygen atoms in total. The zero-order valence-corrected chi connectivity index (χ0v) is 15.7. The number of rotatable bonds is 12. The predicted octanol–water partition coefficient (Wildman–Crippen LogP) is -0.164. The third-order valence-electron chi connectivity index (χ3n) is 4.76. The Morgan fingerprint density at radius 1 is 0.516 bits per heavy atom. The maximum Gasteiger partial charge on any atom is 0.190 e. The van der Waals surface area contributed by atoms with E-state index in [1.54, 1.807) is 0 Å². The number of methoxy groups -OCH3 is 8. The smallest absolute Gasteiger partial charge is 0.190 e. The van der Waals surface area contributed by atoms with E-state index in [-0.39, 0.29) is 0 Å². The zero-order chi connectivity index (χ0) is 43.0. The molecule has 0 bridgehead atoms. The van der Waals surface area contributed by atoms with Gasteiger partial charge in [-0.25, -0.2) is 0 Å². The summed E-state index contributed by atoms with van der Waals surface area (Å²) in [5.41, 5.74) is 0. The van der Waals surface area contributed by atoms with Crippen LogP contribution in [0.25, 0.3) is 0 Å². The maximum atomic E-state index is 7.70. The quantitative estimate of drug-likeness (QED) is 0.374. The van der Waals surface area contributed by atoms with E-state index in [2.05, 4.69) is 0 Å². The molecule has 10 atom stereocenters. The summed E-state index contributed by atoms with van der Waals surface area (Å²) in [7, 11) is -27.6. The molecule has 2 rings (SSSR count). The highest BCUT2D eigenvalue weighted by molar-refractivity contribution is 4.95. The van der Waals surface area contributed by atoms with Gasteiger partial charge < -0.3 is 52.1 Å². The average Bonchev–Trinajstić information content (AvgIpc) is 2.88. The van der Waals surface area contributed by atoms with Crippen molar-refractivity contribution in [1.82, 2.24) is 0 Å². The molecule has 2 fully saturated rings. The van der Waals surface area contributed by atoms with Crippen LogP contribution in [0.3, 0.4) is 0 Å². The molecule has 0 aromatic heterocycles. The second-order valence-electron chi connectivity index (χ2n) is 6.34. The van der Waals surface area contributed by atoms with Crippen molar-refractivity contribution in [3.63, 3.8) is 0 Å². The van der Waals surface area contributed by atoms with Crippen molar-refractivity contribution >= 4 is 0 Å². The van der Waals surface area contributed by atoms with Crippen LogP contribution >= 0.6 is 0 Å². The highest BCUT2D eigenvalue weighted by atomic mass is 16.8. The van der Waals surface area contributed by atoms with Crippen molar-refractivity contribution in [1.29, 1.82) is 0 Å². The van der Waals surface area contributed by atoms with Gasteiger partial charge in [0, 0.05) is 56.3 Å². The Bertz CT molecular complexity index is 1100. The van der Waals surface area contributed by atoms with Crippen LogP contribution in [0.15, 0.2) is 0 Å². The number of hydrogen-bond acceptors (Lipinski definition) is 11. The third-order valence-corrected chi connectivity index (χ3v) is 4.76. The monoisotopic (exact) mass is 478 g/mol. The molecule has 2 heterocycles. The van der Waals surface area contributed by atoms with Crippen LogP contribution in [0, 0.1) is 0 Å². The summed E-state index contributed by atoms with van der Waals surface area (Å²) in [6, 6.07) is 0. The van der Waals surface area contributed by atoms with Crippen LogP contribution in [0.5, 0.6) is 0 Å². The summed E-state index contributed by atoms with van der Waals surface area (Å²) >= 11 is 0. The predicted molar refractivity (Wildman–Crippen MR) is 107 cm³/mol. The molecule has 0 saturated carbocycles. The lowest BCUT2D eigenvalue weighted by Crippen LogP contribution is -2.65. The minimum Gasteiger partial charge on any atom is -0.382 e. The third kappa shape index (κ3) is 5.92. The lowest BCUT2D eigenvalue weighted by atomic mass is 9.97. The molecule has 0 spiro atoms. The SMILES string of the molecule is [2H]C([2H])([2H])OCC1OC(OC2OC(COC([2H])([2H])[2H])C(OC([2H])([2H])[2H])C(OC([2H])([2H])[2H])C2OC([2H])([2H])[2H])C(OC([2H])([2H])[2H])C(OC([2H])([2H])[2H])C1OC([2H])([2H])[2H]. The van der Waals surface area contributed by atoms with Crippen molar-refractivity contribution in [2.45, 2.75) is 61.4 Å². The van der Waals surface area contributed by atoms with E-state index in [0.29, 0.717) is 0 Å². The van der Waals surface area contributed by atoms with E-state index < -0.39 is 131 Å². The molecule has 0 radical (unpaired) electrons. The first-order chi connectivity index (χ1) is 24.2. The van der Waals surface area contributed by atoms with Gasteiger partial charge in [0.05, 0.1) is 46.1 Å². The Kier molecular flexibility index (Phi) is 3.71. The molecule has 184 valence electrons. The average molecular weight is 479 g/mol. The van der Waals surface area contributed by atoms with E-state index >= 15 is 0 Å². The normalized spacial score (nSPS) is 56.1. The van der Waals surface area contributed by atoms with Crippen molar-refractivity contribution in [2.24, 2.45) is 0 Å². The van der Waals surface area contributed by atoms with Gasteiger partial charge in [-0.2, -0.15) is 0 Å². The van der Waals surface area contributed by atoms with Gasteiger partial charge in [-0.3, -0.25) is 0 Å². The van der Waals surface area contributed by atoms with E-state index in [4.69, 9.17) is 85.0 Å². The first-order valence-electron chi connectivity index (χ1n) is 20.5. The molecule has 0 N–H and O–H groups in total. The Labute approximate surface area is 218 Å². The molecule has 0 aromatic rings. The highest BCUT2D eigenvalue weighted by Crippen LogP contribution is 2.33. The first kappa shape index (κ1) is 8.65. The largest absolute Gasteiger partial charge is 0.382 e. The molecular formula is C20H38O11. The summed E-state index contributed by atoms with van der Waals surface area (Å²) in [4.78, 5) is 0. The van der Waals surface area contributed by atoms with Gasteiger partial charge in [-0.15, -0.1) is 0 Å². The molecule has 2 saturated heterocycles. The van der Waals surface area contributed by atoms with E-state index in [1.165, 1.54) is 0 Å². The molecule has 10 unspecified atom stereocenters. The van der Waals surface area contributed by atoms with Crippen molar-refractivity contribution in [3.8, 4) is 0 Å². The zero-order valence-electron chi connectivity index (χ0n) is 39.7. The lowest BCUT2D eigenvalue weighted by Gasteiger charge is -2.48. The summed E-state index contributed by atoms with van der Waals surface area (Å²) < 4.78 is 239. The maximum absolute atomic E-state index is 7.70. The molecule has 2 aliphatic heterocycles. The van der Waals surface area contributed by atoms with Crippen LogP contribution in [0.1, 0.15) is 32.9 Å². The van der Waals surface area contributed by atoms with Gasteiger partial charge in [0.2, 0.25) is 0 Å². The highest BCUT2D eigenvalue weighted by Gasteiger charge is 2.52. The fourth-order valence-corrected chi connectivity index (χ4v) is 3.34. The molecule has 11 heteroatoms. The van der Waals surface area contributed by atoms with Gasteiger partial charge in [-0.1, -0.05) is 0 Å².